The van der Waals surface area contributed by atoms with Crippen LogP contribution in [0.5, 0.6) is 0 Å². The van der Waals surface area contributed by atoms with Crippen molar-refractivity contribution < 1.29 is 24.2 Å². The molecule has 0 radical (unpaired) electrons. The predicted molar refractivity (Wildman–Crippen MR) is 122 cm³/mol. The molecule has 2 saturated heterocycles. The Bertz CT molecular complexity index is 876. The van der Waals surface area contributed by atoms with Gasteiger partial charge in [0.25, 0.3) is 5.24 Å². The zero-order valence-corrected chi connectivity index (χ0v) is 19.4. The summed E-state index contributed by atoms with van der Waals surface area (Å²) in [6.45, 7) is 1.95. The highest BCUT2D eigenvalue weighted by molar-refractivity contribution is 8.14. The molecule has 7 nitrogen and oxygen atoms in total. The number of ether oxygens (including phenoxy) is 2. The summed E-state index contributed by atoms with van der Waals surface area (Å²) in [7, 11) is 0. The summed E-state index contributed by atoms with van der Waals surface area (Å²) in [6.07, 6.45) is 11.8. The van der Waals surface area contributed by atoms with Crippen LogP contribution in [0.3, 0.4) is 0 Å². The first-order valence-corrected chi connectivity index (χ1v) is 12.5. The molecular formula is C24H32N2O5S. The molecule has 0 spiro atoms. The van der Waals surface area contributed by atoms with E-state index in [0.717, 1.165) is 62.3 Å². The van der Waals surface area contributed by atoms with E-state index in [1.54, 1.807) is 6.08 Å². The van der Waals surface area contributed by atoms with Gasteiger partial charge in [0.2, 0.25) is 0 Å². The molecule has 4 atom stereocenters. The zero-order chi connectivity index (χ0) is 22.6. The van der Waals surface area contributed by atoms with Gasteiger partial charge < -0.3 is 19.9 Å². The maximum atomic E-state index is 12.5. The molecule has 0 aromatic carbocycles. The fourth-order valence-corrected chi connectivity index (χ4v) is 5.73. The molecule has 2 fully saturated rings. The number of esters is 1. The largest absolute Gasteiger partial charge is 0.459 e. The van der Waals surface area contributed by atoms with Crippen molar-refractivity contribution in [2.75, 3.05) is 5.75 Å². The van der Waals surface area contributed by atoms with Gasteiger partial charge in [0, 0.05) is 37.1 Å². The average Bonchev–Trinajstić information content (AvgIpc) is 3.18. The van der Waals surface area contributed by atoms with Crippen molar-refractivity contribution in [1.29, 1.82) is 0 Å². The number of carbonyl (C=O) groups excluding carboxylic acids is 2. The van der Waals surface area contributed by atoms with Crippen LogP contribution in [0.4, 0.5) is 4.79 Å². The van der Waals surface area contributed by atoms with Crippen LogP contribution in [0.1, 0.15) is 63.0 Å². The van der Waals surface area contributed by atoms with Gasteiger partial charge in [0.05, 0.1) is 12.1 Å². The number of nitrogens with zero attached hydrogens (tertiary/aromatic N) is 1. The second kappa shape index (κ2) is 10.4. The van der Waals surface area contributed by atoms with E-state index in [-0.39, 0.29) is 23.7 Å². The van der Waals surface area contributed by atoms with Gasteiger partial charge in [-0.05, 0) is 69.1 Å². The molecule has 3 aliphatic heterocycles. The minimum absolute atomic E-state index is 0.155. The minimum atomic E-state index is -1.54. The van der Waals surface area contributed by atoms with Gasteiger partial charge in [-0.3, -0.25) is 9.78 Å². The molecule has 3 unspecified atom stereocenters. The van der Waals surface area contributed by atoms with Crippen LogP contribution in [0, 0.1) is 0 Å². The lowest BCUT2D eigenvalue weighted by Gasteiger charge is -2.43. The summed E-state index contributed by atoms with van der Waals surface area (Å²) in [5.74, 6) is -1.48. The molecule has 0 aliphatic carbocycles. The predicted octanol–water partition coefficient (Wildman–Crippen LogP) is 3.68. The van der Waals surface area contributed by atoms with Crippen LogP contribution in [-0.2, 0) is 27.1 Å². The number of rotatable bonds is 1. The number of thioether (sulfide) groups is 1. The lowest BCUT2D eigenvalue weighted by atomic mass is 9.90. The summed E-state index contributed by atoms with van der Waals surface area (Å²) in [5.41, 5.74) is 3.59. The Hall–Kier alpha value is -1.90. The summed E-state index contributed by atoms with van der Waals surface area (Å²) >= 11 is 1.14. The van der Waals surface area contributed by atoms with Crippen LogP contribution >= 0.6 is 11.8 Å². The Kier molecular flexibility index (Phi) is 7.53. The van der Waals surface area contributed by atoms with Crippen molar-refractivity contribution in [3.8, 4) is 0 Å². The third kappa shape index (κ3) is 5.91. The van der Waals surface area contributed by atoms with Gasteiger partial charge in [-0.2, -0.15) is 0 Å². The fraction of sp³-hybridized carbons (Fsp3) is 0.625. The first kappa shape index (κ1) is 23.3. The zero-order valence-electron chi connectivity index (χ0n) is 18.5. The molecule has 1 amide bonds. The monoisotopic (exact) mass is 460 g/mol. The summed E-state index contributed by atoms with van der Waals surface area (Å²) in [6, 6.07) is 1.58. The van der Waals surface area contributed by atoms with Crippen molar-refractivity contribution in [2.24, 2.45) is 0 Å². The highest BCUT2D eigenvalue weighted by Crippen LogP contribution is 2.36. The van der Waals surface area contributed by atoms with Gasteiger partial charge in [0.1, 0.15) is 6.10 Å². The topological polar surface area (TPSA) is 97.8 Å². The van der Waals surface area contributed by atoms with Crippen LogP contribution in [0.25, 0.3) is 0 Å². The van der Waals surface area contributed by atoms with E-state index in [1.807, 2.05) is 19.3 Å². The molecule has 0 saturated carbocycles. The van der Waals surface area contributed by atoms with Gasteiger partial charge in [-0.1, -0.05) is 17.3 Å². The molecular weight excluding hydrogens is 428 g/mol. The van der Waals surface area contributed by atoms with Crippen molar-refractivity contribution in [2.45, 2.75) is 88.7 Å². The first-order valence-electron chi connectivity index (χ1n) is 11.5. The Morgan fingerprint density at radius 2 is 1.97 bits per heavy atom. The van der Waals surface area contributed by atoms with Crippen LogP contribution in [0.2, 0.25) is 0 Å². The minimum Gasteiger partial charge on any atom is -0.459 e. The third-order valence-corrected chi connectivity index (χ3v) is 7.41. The Labute approximate surface area is 193 Å². The third-order valence-electron chi connectivity index (χ3n) is 6.53. The van der Waals surface area contributed by atoms with E-state index in [2.05, 4.69) is 16.4 Å². The standard InChI is InChI=1S/C24H32N2O5S/c1-16-5-2-3-6-18-14-25-10-9-17(18)7-4-8-19-12-20(30-22(27)11-16)13-24(29,31-19)21-15-32-23(28)26-21/h9-11,14,19-21,29H,2-8,12-13,15H2,1H3,(H,26,28)/b16-11-/t19-,20?,21?,24?/m1/s1. The van der Waals surface area contributed by atoms with Crippen molar-refractivity contribution >= 4 is 23.0 Å². The van der Waals surface area contributed by atoms with E-state index in [1.165, 1.54) is 11.1 Å². The van der Waals surface area contributed by atoms with Crippen molar-refractivity contribution in [3.05, 3.63) is 41.2 Å². The van der Waals surface area contributed by atoms with Crippen molar-refractivity contribution in [1.82, 2.24) is 10.3 Å². The quantitative estimate of drug-likeness (QED) is 0.617. The molecule has 4 rings (SSSR count). The molecule has 1 aromatic heterocycles. The van der Waals surface area contributed by atoms with E-state index in [0.29, 0.717) is 12.2 Å². The van der Waals surface area contributed by atoms with Gasteiger partial charge in [0.15, 0.2) is 5.79 Å². The number of nitrogens with one attached hydrogen (secondary N) is 1. The van der Waals surface area contributed by atoms with Gasteiger partial charge in [-0.15, -0.1) is 0 Å². The van der Waals surface area contributed by atoms with E-state index < -0.39 is 17.9 Å². The smallest absolute Gasteiger partial charge is 0.330 e. The van der Waals surface area contributed by atoms with E-state index in [4.69, 9.17) is 9.47 Å². The van der Waals surface area contributed by atoms with Crippen molar-refractivity contribution in [3.63, 3.8) is 0 Å². The number of hydrogen-bond donors (Lipinski definition) is 2. The normalized spacial score (nSPS) is 34.1. The molecule has 174 valence electrons. The van der Waals surface area contributed by atoms with Crippen LogP contribution < -0.4 is 5.32 Å². The lowest BCUT2D eigenvalue weighted by Crippen LogP contribution is -2.58. The Morgan fingerprint density at radius 3 is 2.78 bits per heavy atom. The summed E-state index contributed by atoms with van der Waals surface area (Å²) in [4.78, 5) is 28.6. The fourth-order valence-electron chi connectivity index (χ4n) is 4.84. The number of aromatic nitrogens is 1. The molecule has 8 heteroatoms. The number of fused-ring (bicyclic) bond motifs is 3. The highest BCUT2D eigenvalue weighted by Gasteiger charge is 2.49. The summed E-state index contributed by atoms with van der Waals surface area (Å²) < 4.78 is 11.9. The molecule has 3 aliphatic rings. The molecule has 2 N–H and O–H groups in total. The number of aryl methyl sites for hydroxylation is 2. The van der Waals surface area contributed by atoms with Crippen LogP contribution in [-0.4, -0.2) is 51.1 Å². The number of amides is 1. The average molecular weight is 461 g/mol. The molecule has 32 heavy (non-hydrogen) atoms. The second-order valence-corrected chi connectivity index (χ2v) is 10.1. The number of hydrogen-bond acceptors (Lipinski definition) is 7. The Morgan fingerprint density at radius 1 is 1.16 bits per heavy atom. The summed E-state index contributed by atoms with van der Waals surface area (Å²) in [5, 5.41) is 13.9. The maximum absolute atomic E-state index is 12.5. The maximum Gasteiger partial charge on any atom is 0.330 e. The Balaban J connectivity index is 1.54. The molecule has 4 heterocycles. The molecule has 2 bridgehead atoms. The number of carbonyl (C=O) groups is 2. The molecule has 1 aromatic rings. The highest BCUT2D eigenvalue weighted by atomic mass is 32.2. The van der Waals surface area contributed by atoms with Gasteiger partial charge >= 0.3 is 5.97 Å². The number of allylic oxidation sites excluding steroid dienone is 1. The van der Waals surface area contributed by atoms with Crippen LogP contribution in [0.15, 0.2) is 30.1 Å². The lowest BCUT2D eigenvalue weighted by molar-refractivity contribution is -0.283. The van der Waals surface area contributed by atoms with E-state index >= 15 is 0 Å². The number of aliphatic hydroxyl groups is 1. The SMILES string of the molecule is C/C1=C/C(=O)OC2C[C@@H](CCCc3ccncc3CCCC1)OC(O)(C1CSC(=O)N1)C2. The number of pyridine rings is 1. The second-order valence-electron chi connectivity index (χ2n) is 9.11. The van der Waals surface area contributed by atoms with E-state index in [9.17, 15) is 14.7 Å². The van der Waals surface area contributed by atoms with Gasteiger partial charge in [-0.25, -0.2) is 4.79 Å². The first-order chi connectivity index (χ1) is 15.4.